The molecule has 0 bridgehead atoms. The maximum atomic E-state index is 13.5. The Hall–Kier alpha value is -1.16. The van der Waals surface area contributed by atoms with Gasteiger partial charge in [-0.2, -0.15) is 0 Å². The molecule has 4 heteroatoms. The predicted molar refractivity (Wildman–Crippen MR) is 79.3 cm³/mol. The molecule has 3 rings (SSSR count). The minimum absolute atomic E-state index is 0.237. The largest absolute Gasteiger partial charge is 0.354 e. The molecule has 0 radical (unpaired) electrons. The van der Waals surface area contributed by atoms with Crippen LogP contribution >= 0.6 is 0 Å². The molecule has 1 N–H and O–H groups in total. The Labute approximate surface area is 120 Å². The van der Waals surface area contributed by atoms with Gasteiger partial charge in [-0.25, -0.2) is 9.37 Å². The molecule has 1 aromatic heterocycles. The van der Waals surface area contributed by atoms with Crippen molar-refractivity contribution in [2.45, 2.75) is 58.2 Å². The first kappa shape index (κ1) is 13.8. The molecular weight excluding hydrogens is 253 g/mol. The van der Waals surface area contributed by atoms with Crippen molar-refractivity contribution in [3.05, 3.63) is 23.6 Å². The van der Waals surface area contributed by atoms with E-state index in [1.54, 1.807) is 6.07 Å². The van der Waals surface area contributed by atoms with Gasteiger partial charge in [0.05, 0.1) is 6.20 Å². The molecule has 0 spiro atoms. The van der Waals surface area contributed by atoms with Crippen LogP contribution in [0.25, 0.3) is 0 Å². The molecule has 0 amide bonds. The Kier molecular flexibility index (Phi) is 3.92. The van der Waals surface area contributed by atoms with Crippen molar-refractivity contribution in [1.29, 1.82) is 0 Å². The van der Waals surface area contributed by atoms with Gasteiger partial charge < -0.3 is 10.2 Å². The van der Waals surface area contributed by atoms with Crippen LogP contribution in [0.3, 0.4) is 0 Å². The number of aromatic nitrogens is 1. The van der Waals surface area contributed by atoms with Crippen LogP contribution in [-0.4, -0.2) is 23.6 Å². The lowest BCUT2D eigenvalue weighted by Gasteiger charge is -2.38. The lowest BCUT2D eigenvalue weighted by Crippen LogP contribution is -2.41. The quantitative estimate of drug-likeness (QED) is 0.916. The second-order valence-electron chi connectivity index (χ2n) is 6.46. The summed E-state index contributed by atoms with van der Waals surface area (Å²) in [5.74, 6) is 1.51. The van der Waals surface area contributed by atoms with Crippen LogP contribution in [-0.2, 0) is 6.54 Å². The lowest BCUT2D eigenvalue weighted by molar-refractivity contribution is 0.375. The second kappa shape index (κ2) is 5.68. The van der Waals surface area contributed by atoms with Gasteiger partial charge in [0, 0.05) is 30.7 Å². The number of rotatable bonds is 4. The summed E-state index contributed by atoms with van der Waals surface area (Å²) in [6, 6.07) is 2.75. The van der Waals surface area contributed by atoms with Gasteiger partial charge in [0.15, 0.2) is 0 Å². The molecule has 1 saturated heterocycles. The number of piperidine rings is 1. The van der Waals surface area contributed by atoms with Crippen LogP contribution < -0.4 is 10.2 Å². The Morgan fingerprint density at radius 2 is 2.15 bits per heavy atom. The molecule has 110 valence electrons. The third-order valence-electron chi connectivity index (χ3n) is 4.48. The number of nitrogens with one attached hydrogen (secondary N) is 1. The molecule has 1 aromatic rings. The van der Waals surface area contributed by atoms with Gasteiger partial charge in [-0.1, -0.05) is 6.92 Å². The average Bonchev–Trinajstić information content (AvgIpc) is 3.21. The van der Waals surface area contributed by atoms with Gasteiger partial charge in [-0.15, -0.1) is 0 Å². The van der Waals surface area contributed by atoms with Crippen molar-refractivity contribution in [1.82, 2.24) is 10.3 Å². The molecule has 2 unspecified atom stereocenters. The zero-order valence-corrected chi connectivity index (χ0v) is 12.4. The number of hydrogen-bond acceptors (Lipinski definition) is 3. The fraction of sp³-hybridized carbons (Fsp3) is 0.688. The number of halogens is 1. The summed E-state index contributed by atoms with van der Waals surface area (Å²) < 4.78 is 13.5. The van der Waals surface area contributed by atoms with E-state index in [1.807, 2.05) is 0 Å². The maximum Gasteiger partial charge on any atom is 0.141 e. The van der Waals surface area contributed by atoms with Crippen LogP contribution in [0.4, 0.5) is 10.2 Å². The standard InChI is InChI=1S/C16H24FN3/c1-11-5-6-20(12(2)7-11)16-13(8-14(17)10-19-16)9-18-15-3-4-15/h8,10-12,15,18H,3-7,9H2,1-2H3. The SMILES string of the molecule is CC1CCN(c2ncc(F)cc2CNC2CC2)C(C)C1. The number of hydrogen-bond donors (Lipinski definition) is 1. The Morgan fingerprint density at radius 1 is 1.35 bits per heavy atom. The topological polar surface area (TPSA) is 28.2 Å². The summed E-state index contributed by atoms with van der Waals surface area (Å²) in [6.45, 7) is 6.31. The highest BCUT2D eigenvalue weighted by atomic mass is 19.1. The highest BCUT2D eigenvalue weighted by molar-refractivity contribution is 5.48. The first-order valence-corrected chi connectivity index (χ1v) is 7.78. The molecule has 2 aliphatic rings. The van der Waals surface area contributed by atoms with E-state index in [4.69, 9.17) is 0 Å². The van der Waals surface area contributed by atoms with Gasteiger partial charge in [0.2, 0.25) is 0 Å². The van der Waals surface area contributed by atoms with Crippen molar-refractivity contribution < 1.29 is 4.39 Å². The highest BCUT2D eigenvalue weighted by Crippen LogP contribution is 2.29. The monoisotopic (exact) mass is 277 g/mol. The zero-order chi connectivity index (χ0) is 14.1. The van der Waals surface area contributed by atoms with Crippen LogP contribution in [0.15, 0.2) is 12.3 Å². The van der Waals surface area contributed by atoms with Gasteiger partial charge in [-0.3, -0.25) is 0 Å². The van der Waals surface area contributed by atoms with E-state index in [9.17, 15) is 4.39 Å². The summed E-state index contributed by atoms with van der Waals surface area (Å²) >= 11 is 0. The van der Waals surface area contributed by atoms with E-state index in [0.29, 0.717) is 12.1 Å². The van der Waals surface area contributed by atoms with E-state index in [-0.39, 0.29) is 5.82 Å². The predicted octanol–water partition coefficient (Wildman–Crippen LogP) is 3.10. The minimum atomic E-state index is -0.237. The van der Waals surface area contributed by atoms with Crippen molar-refractivity contribution in [3.8, 4) is 0 Å². The van der Waals surface area contributed by atoms with Crippen molar-refractivity contribution in [3.63, 3.8) is 0 Å². The maximum absolute atomic E-state index is 13.5. The summed E-state index contributed by atoms with van der Waals surface area (Å²) in [6.07, 6.45) is 6.22. The summed E-state index contributed by atoms with van der Waals surface area (Å²) in [5.41, 5.74) is 0.998. The summed E-state index contributed by atoms with van der Waals surface area (Å²) in [4.78, 5) is 6.74. The Morgan fingerprint density at radius 3 is 2.85 bits per heavy atom. The molecule has 1 saturated carbocycles. The Balaban J connectivity index is 1.79. The number of nitrogens with zero attached hydrogens (tertiary/aromatic N) is 2. The molecule has 0 aromatic carbocycles. The fourth-order valence-electron chi connectivity index (χ4n) is 3.13. The third kappa shape index (κ3) is 3.11. The van der Waals surface area contributed by atoms with E-state index in [2.05, 4.69) is 29.0 Å². The average molecular weight is 277 g/mol. The van der Waals surface area contributed by atoms with E-state index in [0.717, 1.165) is 30.4 Å². The van der Waals surface area contributed by atoms with Gasteiger partial charge in [-0.05, 0) is 44.6 Å². The van der Waals surface area contributed by atoms with Gasteiger partial charge >= 0.3 is 0 Å². The smallest absolute Gasteiger partial charge is 0.141 e. The minimum Gasteiger partial charge on any atom is -0.354 e. The van der Waals surface area contributed by atoms with Crippen LogP contribution in [0, 0.1) is 11.7 Å². The van der Waals surface area contributed by atoms with Crippen LogP contribution in [0.2, 0.25) is 0 Å². The van der Waals surface area contributed by atoms with Crippen LogP contribution in [0.5, 0.6) is 0 Å². The van der Waals surface area contributed by atoms with Gasteiger partial charge in [0.1, 0.15) is 11.6 Å². The number of anilines is 1. The molecule has 2 fully saturated rings. The summed E-state index contributed by atoms with van der Waals surface area (Å²) in [5, 5.41) is 3.47. The summed E-state index contributed by atoms with van der Waals surface area (Å²) in [7, 11) is 0. The first-order valence-electron chi connectivity index (χ1n) is 7.78. The highest BCUT2D eigenvalue weighted by Gasteiger charge is 2.26. The van der Waals surface area contributed by atoms with E-state index in [1.165, 1.54) is 31.9 Å². The normalized spacial score (nSPS) is 26.9. The molecule has 3 nitrogen and oxygen atoms in total. The molecular formula is C16H24FN3. The first-order chi connectivity index (χ1) is 9.63. The van der Waals surface area contributed by atoms with Crippen molar-refractivity contribution in [2.24, 2.45) is 5.92 Å². The Bertz CT molecular complexity index is 473. The van der Waals surface area contributed by atoms with Crippen LogP contribution in [0.1, 0.15) is 45.1 Å². The molecule has 2 heterocycles. The van der Waals surface area contributed by atoms with E-state index >= 15 is 0 Å². The molecule has 1 aliphatic carbocycles. The van der Waals surface area contributed by atoms with Gasteiger partial charge in [0.25, 0.3) is 0 Å². The molecule has 2 atom stereocenters. The number of pyridine rings is 1. The zero-order valence-electron chi connectivity index (χ0n) is 12.4. The fourth-order valence-corrected chi connectivity index (χ4v) is 3.13. The lowest BCUT2D eigenvalue weighted by atomic mass is 9.93. The van der Waals surface area contributed by atoms with Crippen molar-refractivity contribution >= 4 is 5.82 Å². The van der Waals surface area contributed by atoms with Crippen molar-refractivity contribution in [2.75, 3.05) is 11.4 Å². The third-order valence-corrected chi connectivity index (χ3v) is 4.48. The molecule has 1 aliphatic heterocycles. The second-order valence-corrected chi connectivity index (χ2v) is 6.46. The van der Waals surface area contributed by atoms with E-state index < -0.39 is 0 Å². The molecule has 20 heavy (non-hydrogen) atoms.